The third kappa shape index (κ3) is 5.63. The van der Waals surface area contributed by atoms with E-state index in [9.17, 15) is 5.11 Å². The van der Waals surface area contributed by atoms with Gasteiger partial charge in [0.2, 0.25) is 0 Å². The van der Waals surface area contributed by atoms with Crippen molar-refractivity contribution >= 4 is 0 Å². The maximum Gasteiger partial charge on any atom is 0.0446 e. The van der Waals surface area contributed by atoms with E-state index in [2.05, 4.69) is 51.2 Å². The molecule has 3 rings (SSSR count). The lowest BCUT2D eigenvalue weighted by molar-refractivity contribution is 0.0546. The molecule has 1 aliphatic rings. The van der Waals surface area contributed by atoms with Gasteiger partial charge < -0.3 is 5.11 Å². The molecule has 2 heterocycles. The Hall–Kier alpha value is -1.75. The second-order valence-corrected chi connectivity index (χ2v) is 6.89. The van der Waals surface area contributed by atoms with Crippen molar-refractivity contribution in [1.82, 2.24) is 14.8 Å². The van der Waals surface area contributed by atoms with Gasteiger partial charge >= 0.3 is 0 Å². The molecule has 1 atom stereocenters. The molecule has 0 radical (unpaired) electrons. The summed E-state index contributed by atoms with van der Waals surface area (Å²) in [5, 5.41) is 9.46. The molecule has 0 bridgehead atoms. The van der Waals surface area contributed by atoms with Crippen LogP contribution in [0.5, 0.6) is 0 Å². The molecular formula is C21H29N3O. The molecule has 4 nitrogen and oxygen atoms in total. The van der Waals surface area contributed by atoms with E-state index in [4.69, 9.17) is 0 Å². The van der Waals surface area contributed by atoms with Gasteiger partial charge in [-0.05, 0) is 43.0 Å². The van der Waals surface area contributed by atoms with Crippen LogP contribution < -0.4 is 0 Å². The van der Waals surface area contributed by atoms with Gasteiger partial charge in [0.15, 0.2) is 0 Å². The molecule has 1 aromatic carbocycles. The zero-order valence-corrected chi connectivity index (χ0v) is 14.9. The smallest absolute Gasteiger partial charge is 0.0446 e. The van der Waals surface area contributed by atoms with Crippen molar-refractivity contribution in [3.8, 4) is 0 Å². The zero-order chi connectivity index (χ0) is 17.3. The van der Waals surface area contributed by atoms with Gasteiger partial charge in [0.1, 0.15) is 0 Å². The summed E-state index contributed by atoms with van der Waals surface area (Å²) in [6, 6.07) is 15.3. The highest BCUT2D eigenvalue weighted by atomic mass is 16.3. The highest BCUT2D eigenvalue weighted by Crippen LogP contribution is 2.16. The fourth-order valence-corrected chi connectivity index (χ4v) is 3.70. The van der Waals surface area contributed by atoms with Crippen molar-refractivity contribution in [2.24, 2.45) is 0 Å². The number of aliphatic hydroxyl groups is 1. The largest absolute Gasteiger partial charge is 0.396 e. The Morgan fingerprint density at radius 3 is 2.64 bits per heavy atom. The highest BCUT2D eigenvalue weighted by Gasteiger charge is 2.26. The number of aryl methyl sites for hydroxylation is 1. The average Bonchev–Trinajstić information content (AvgIpc) is 2.65. The molecule has 1 aliphatic heterocycles. The topological polar surface area (TPSA) is 39.6 Å². The highest BCUT2D eigenvalue weighted by molar-refractivity contribution is 5.14. The summed E-state index contributed by atoms with van der Waals surface area (Å²) in [6.07, 6.45) is 6.93. The standard InChI is InChI=1S/C21H29N3O/c25-15-10-21-18-23(17-20-8-4-11-22-16-20)13-14-24(21)12-5-9-19-6-2-1-3-7-19/h1-4,6-8,11,16,21,25H,5,9-10,12-15,17-18H2/t21-/m1/s1. The number of hydrogen-bond acceptors (Lipinski definition) is 4. The summed E-state index contributed by atoms with van der Waals surface area (Å²) in [5.41, 5.74) is 2.68. The number of aliphatic hydroxyl groups excluding tert-OH is 1. The molecule has 1 fully saturated rings. The van der Waals surface area contributed by atoms with Crippen molar-refractivity contribution in [2.45, 2.75) is 31.8 Å². The maximum absolute atomic E-state index is 9.46. The van der Waals surface area contributed by atoms with Crippen molar-refractivity contribution in [3.63, 3.8) is 0 Å². The Kier molecular flexibility index (Phi) is 6.98. The van der Waals surface area contributed by atoms with Crippen molar-refractivity contribution in [1.29, 1.82) is 0 Å². The number of aromatic nitrogens is 1. The molecule has 0 saturated carbocycles. The van der Waals surface area contributed by atoms with E-state index in [0.29, 0.717) is 6.04 Å². The molecule has 0 aliphatic carbocycles. The van der Waals surface area contributed by atoms with Gasteiger partial charge in [-0.1, -0.05) is 36.4 Å². The Morgan fingerprint density at radius 2 is 1.88 bits per heavy atom. The van der Waals surface area contributed by atoms with Crippen LogP contribution in [0.2, 0.25) is 0 Å². The van der Waals surface area contributed by atoms with Crippen LogP contribution in [0.1, 0.15) is 24.0 Å². The van der Waals surface area contributed by atoms with Crippen LogP contribution in [0.15, 0.2) is 54.9 Å². The van der Waals surface area contributed by atoms with Gasteiger partial charge in [-0.3, -0.25) is 14.8 Å². The third-order valence-corrected chi connectivity index (χ3v) is 5.03. The first kappa shape index (κ1) is 18.1. The SMILES string of the molecule is OCC[C@@H]1CN(Cc2cccnc2)CCN1CCCc1ccccc1. The molecule has 25 heavy (non-hydrogen) atoms. The number of rotatable bonds is 8. The van der Waals surface area contributed by atoms with E-state index >= 15 is 0 Å². The summed E-state index contributed by atoms with van der Waals surface area (Å²) in [4.78, 5) is 9.27. The van der Waals surface area contributed by atoms with Crippen molar-refractivity contribution < 1.29 is 5.11 Å². The fourth-order valence-electron chi connectivity index (χ4n) is 3.70. The predicted octanol–water partition coefficient (Wildman–Crippen LogP) is 2.58. The molecule has 0 unspecified atom stereocenters. The summed E-state index contributed by atoms with van der Waals surface area (Å²) in [6.45, 7) is 5.52. The van der Waals surface area contributed by atoms with Crippen LogP contribution in [0, 0.1) is 0 Å². The second-order valence-electron chi connectivity index (χ2n) is 6.89. The van der Waals surface area contributed by atoms with Gasteiger partial charge in [-0.25, -0.2) is 0 Å². The molecular weight excluding hydrogens is 310 g/mol. The maximum atomic E-state index is 9.46. The number of nitrogens with zero attached hydrogens (tertiary/aromatic N) is 3. The normalized spacial score (nSPS) is 19.2. The minimum absolute atomic E-state index is 0.264. The first-order valence-electron chi connectivity index (χ1n) is 9.35. The molecule has 1 aromatic heterocycles. The average molecular weight is 339 g/mol. The lowest BCUT2D eigenvalue weighted by atomic mass is 10.1. The predicted molar refractivity (Wildman–Crippen MR) is 101 cm³/mol. The number of hydrogen-bond donors (Lipinski definition) is 1. The summed E-state index contributed by atoms with van der Waals surface area (Å²) in [5.74, 6) is 0. The van der Waals surface area contributed by atoms with Gasteiger partial charge in [0.25, 0.3) is 0 Å². The molecule has 2 aromatic rings. The van der Waals surface area contributed by atoms with Crippen LogP contribution in [-0.4, -0.2) is 58.7 Å². The van der Waals surface area contributed by atoms with Gasteiger partial charge in [-0.15, -0.1) is 0 Å². The summed E-state index contributed by atoms with van der Waals surface area (Å²) >= 11 is 0. The summed E-state index contributed by atoms with van der Waals surface area (Å²) in [7, 11) is 0. The lowest BCUT2D eigenvalue weighted by Gasteiger charge is -2.41. The monoisotopic (exact) mass is 339 g/mol. The number of piperazine rings is 1. The Balaban J connectivity index is 1.49. The van der Waals surface area contributed by atoms with Crippen LogP contribution in [0.4, 0.5) is 0 Å². The number of benzene rings is 1. The first-order chi connectivity index (χ1) is 12.3. The van der Waals surface area contributed by atoms with E-state index < -0.39 is 0 Å². The molecule has 0 amide bonds. The van der Waals surface area contributed by atoms with E-state index in [0.717, 1.165) is 45.6 Å². The summed E-state index contributed by atoms with van der Waals surface area (Å²) < 4.78 is 0. The van der Waals surface area contributed by atoms with Crippen LogP contribution in [0.25, 0.3) is 0 Å². The second kappa shape index (κ2) is 9.66. The van der Waals surface area contributed by atoms with E-state index in [1.54, 1.807) is 0 Å². The molecule has 134 valence electrons. The Bertz CT molecular complexity index is 605. The Labute approximate surface area is 151 Å². The van der Waals surface area contributed by atoms with Gasteiger partial charge in [-0.2, -0.15) is 0 Å². The molecule has 4 heteroatoms. The molecule has 0 spiro atoms. The van der Waals surface area contributed by atoms with Crippen molar-refractivity contribution in [3.05, 3.63) is 66.0 Å². The fraction of sp³-hybridized carbons (Fsp3) is 0.476. The third-order valence-electron chi connectivity index (χ3n) is 5.03. The van der Waals surface area contributed by atoms with E-state index in [-0.39, 0.29) is 6.61 Å². The number of pyridine rings is 1. The zero-order valence-electron chi connectivity index (χ0n) is 14.9. The van der Waals surface area contributed by atoms with Crippen LogP contribution >= 0.6 is 0 Å². The lowest BCUT2D eigenvalue weighted by Crippen LogP contribution is -2.53. The minimum Gasteiger partial charge on any atom is -0.396 e. The van der Waals surface area contributed by atoms with Gasteiger partial charge in [0.05, 0.1) is 0 Å². The van der Waals surface area contributed by atoms with Crippen LogP contribution in [-0.2, 0) is 13.0 Å². The van der Waals surface area contributed by atoms with Crippen LogP contribution in [0.3, 0.4) is 0 Å². The first-order valence-corrected chi connectivity index (χ1v) is 9.35. The molecule has 1 saturated heterocycles. The van der Waals surface area contributed by atoms with E-state index in [1.165, 1.54) is 17.5 Å². The minimum atomic E-state index is 0.264. The van der Waals surface area contributed by atoms with Gasteiger partial charge in [0, 0.05) is 51.2 Å². The van der Waals surface area contributed by atoms with E-state index in [1.807, 2.05) is 18.5 Å². The molecule has 1 N–H and O–H groups in total. The Morgan fingerprint density at radius 1 is 1.04 bits per heavy atom. The quantitative estimate of drug-likeness (QED) is 0.802. The van der Waals surface area contributed by atoms with Crippen molar-refractivity contribution in [2.75, 3.05) is 32.8 Å².